The van der Waals surface area contributed by atoms with E-state index in [1.807, 2.05) is 91.0 Å². The van der Waals surface area contributed by atoms with E-state index in [2.05, 4.69) is 0 Å². The van der Waals surface area contributed by atoms with Gasteiger partial charge in [0.15, 0.2) is 0 Å². The van der Waals surface area contributed by atoms with Crippen LogP contribution in [0.2, 0.25) is 0 Å². The molecule has 122 valence electrons. The molecule has 0 heterocycles. The SMILES string of the molecule is CC#N.ClP(Cl)(c1ccccc1)(c1ccccc1)c1ccccc1. The third-order valence-electron chi connectivity index (χ3n) is 3.63. The molecule has 0 aromatic heterocycles. The van der Waals surface area contributed by atoms with Gasteiger partial charge in [-0.2, -0.15) is 5.26 Å². The molecule has 3 rings (SSSR count). The molecule has 24 heavy (non-hydrogen) atoms. The molecule has 0 N–H and O–H groups in total. The van der Waals surface area contributed by atoms with E-state index in [0.717, 1.165) is 15.9 Å². The number of hydrogen-bond acceptors (Lipinski definition) is 1. The third kappa shape index (κ3) is 3.47. The fraction of sp³-hybridized carbons (Fsp3) is 0.0500. The molecular weight excluding hydrogens is 356 g/mol. The van der Waals surface area contributed by atoms with Crippen LogP contribution < -0.4 is 15.9 Å². The minimum atomic E-state index is -3.43. The Bertz CT molecular complexity index is 709. The van der Waals surface area contributed by atoms with Crippen LogP contribution in [-0.2, 0) is 0 Å². The molecular formula is C20H18Cl2NP. The van der Waals surface area contributed by atoms with Gasteiger partial charge in [0, 0.05) is 6.92 Å². The zero-order chi connectivity index (χ0) is 17.5. The Morgan fingerprint density at radius 3 is 1.04 bits per heavy atom. The average molecular weight is 374 g/mol. The van der Waals surface area contributed by atoms with Gasteiger partial charge in [0.1, 0.15) is 0 Å². The molecule has 1 nitrogen and oxygen atoms in total. The molecule has 0 radical (unpaired) electrons. The number of hydrogen-bond donors (Lipinski definition) is 0. The van der Waals surface area contributed by atoms with E-state index in [-0.39, 0.29) is 0 Å². The van der Waals surface area contributed by atoms with Gasteiger partial charge in [-0.1, -0.05) is 0 Å². The molecule has 0 aliphatic rings. The maximum atomic E-state index is 7.32. The van der Waals surface area contributed by atoms with Gasteiger partial charge in [0.25, 0.3) is 0 Å². The Morgan fingerprint density at radius 1 is 0.625 bits per heavy atom. The van der Waals surface area contributed by atoms with Crippen molar-refractivity contribution in [1.82, 2.24) is 0 Å². The van der Waals surface area contributed by atoms with Gasteiger partial charge < -0.3 is 0 Å². The van der Waals surface area contributed by atoms with Gasteiger partial charge in [-0.15, -0.1) is 0 Å². The molecule has 0 saturated heterocycles. The van der Waals surface area contributed by atoms with Crippen molar-refractivity contribution in [2.75, 3.05) is 0 Å². The monoisotopic (exact) mass is 373 g/mol. The van der Waals surface area contributed by atoms with E-state index in [9.17, 15) is 0 Å². The summed E-state index contributed by atoms with van der Waals surface area (Å²) in [5.41, 5.74) is 0. The Hall–Kier alpha value is -1.84. The fourth-order valence-electron chi connectivity index (χ4n) is 2.52. The summed E-state index contributed by atoms with van der Waals surface area (Å²) in [6.07, 6.45) is 0. The standard InChI is InChI=1S/C18H15Cl2P.C2H3N/c19-21(20,16-10-4-1-5-11-16,17-12-6-2-7-13-17)18-14-8-3-9-15-18;1-2-3/h1-15H;1H3. The van der Waals surface area contributed by atoms with E-state index in [0.29, 0.717) is 0 Å². The van der Waals surface area contributed by atoms with Gasteiger partial charge in [-0.05, 0) is 0 Å². The number of nitriles is 1. The topological polar surface area (TPSA) is 23.8 Å². The summed E-state index contributed by atoms with van der Waals surface area (Å²) in [7, 11) is 0. The van der Waals surface area contributed by atoms with Gasteiger partial charge in [-0.25, -0.2) is 0 Å². The molecule has 0 fully saturated rings. The number of benzene rings is 3. The second-order valence-corrected chi connectivity index (χ2v) is 13.1. The molecule has 0 atom stereocenters. The van der Waals surface area contributed by atoms with Crippen molar-refractivity contribution < 1.29 is 0 Å². The zero-order valence-corrected chi connectivity index (χ0v) is 15.7. The first-order chi connectivity index (χ1) is 11.5. The van der Waals surface area contributed by atoms with Crippen molar-refractivity contribution in [3.63, 3.8) is 0 Å². The maximum absolute atomic E-state index is 7.32. The first-order valence-corrected chi connectivity index (χ1v) is 11.5. The Balaban J connectivity index is 0.000000647. The van der Waals surface area contributed by atoms with Crippen LogP contribution >= 0.6 is 27.8 Å². The van der Waals surface area contributed by atoms with Crippen molar-refractivity contribution in [3.8, 4) is 6.07 Å². The summed E-state index contributed by atoms with van der Waals surface area (Å²) in [6, 6.07) is 31.6. The third-order valence-corrected chi connectivity index (χ3v) is 10.8. The molecule has 0 bridgehead atoms. The first-order valence-electron chi connectivity index (χ1n) is 7.46. The molecule has 3 aromatic rings. The number of rotatable bonds is 3. The Kier molecular flexibility index (Phi) is 6.03. The molecule has 0 aliphatic carbocycles. The van der Waals surface area contributed by atoms with Crippen LogP contribution in [0.3, 0.4) is 0 Å². The van der Waals surface area contributed by atoms with Crippen molar-refractivity contribution in [2.24, 2.45) is 0 Å². The van der Waals surface area contributed by atoms with E-state index >= 15 is 0 Å². The molecule has 4 heteroatoms. The molecule has 3 aromatic carbocycles. The van der Waals surface area contributed by atoms with E-state index < -0.39 is 5.31 Å². The predicted molar refractivity (Wildman–Crippen MR) is 108 cm³/mol. The molecule has 0 amide bonds. The summed E-state index contributed by atoms with van der Waals surface area (Å²) in [5.74, 6) is 0. The summed E-state index contributed by atoms with van der Waals surface area (Å²) >= 11 is 14.5. The molecule has 0 spiro atoms. The molecule has 0 saturated carbocycles. The van der Waals surface area contributed by atoms with Crippen LogP contribution in [0, 0.1) is 11.3 Å². The van der Waals surface area contributed by atoms with Crippen LogP contribution in [0.5, 0.6) is 0 Å². The van der Waals surface area contributed by atoms with Crippen LogP contribution in [0.25, 0.3) is 0 Å². The number of halogens is 2. The second-order valence-electron chi connectivity index (χ2n) is 5.14. The van der Waals surface area contributed by atoms with Gasteiger partial charge in [-0.3, -0.25) is 0 Å². The summed E-state index contributed by atoms with van der Waals surface area (Å²) < 4.78 is 0. The zero-order valence-electron chi connectivity index (χ0n) is 13.3. The van der Waals surface area contributed by atoms with Gasteiger partial charge in [0.2, 0.25) is 0 Å². The Labute approximate surface area is 153 Å². The van der Waals surface area contributed by atoms with E-state index in [1.165, 1.54) is 6.92 Å². The van der Waals surface area contributed by atoms with Crippen molar-refractivity contribution in [2.45, 2.75) is 6.92 Å². The van der Waals surface area contributed by atoms with Crippen LogP contribution in [0.15, 0.2) is 91.0 Å². The normalized spacial score (nSPS) is 12.0. The Morgan fingerprint density at radius 2 is 0.833 bits per heavy atom. The van der Waals surface area contributed by atoms with Crippen LogP contribution in [0.4, 0.5) is 0 Å². The number of nitrogens with zero attached hydrogens (tertiary/aromatic N) is 1. The van der Waals surface area contributed by atoms with Gasteiger partial charge >= 0.3 is 135 Å². The quantitative estimate of drug-likeness (QED) is 0.567. The summed E-state index contributed by atoms with van der Waals surface area (Å²) in [6.45, 7) is 1.43. The van der Waals surface area contributed by atoms with Crippen molar-refractivity contribution in [1.29, 1.82) is 5.26 Å². The van der Waals surface area contributed by atoms with Crippen molar-refractivity contribution >= 4 is 43.7 Å². The van der Waals surface area contributed by atoms with Gasteiger partial charge in [0.05, 0.1) is 6.07 Å². The minimum absolute atomic E-state index is 0.962. The predicted octanol–water partition coefficient (Wildman–Crippen LogP) is 5.35. The van der Waals surface area contributed by atoms with Crippen molar-refractivity contribution in [3.05, 3.63) is 91.0 Å². The van der Waals surface area contributed by atoms with Crippen LogP contribution in [0.1, 0.15) is 6.92 Å². The second kappa shape index (κ2) is 7.82. The molecule has 0 unspecified atom stereocenters. The van der Waals surface area contributed by atoms with Crippen LogP contribution in [-0.4, -0.2) is 0 Å². The van der Waals surface area contributed by atoms with E-state index in [4.69, 9.17) is 27.7 Å². The fourth-order valence-corrected chi connectivity index (χ4v) is 7.53. The van der Waals surface area contributed by atoms with E-state index in [1.54, 1.807) is 6.07 Å². The first kappa shape index (κ1) is 18.5. The molecule has 0 aliphatic heterocycles. The average Bonchev–Trinajstić information content (AvgIpc) is 2.65. The summed E-state index contributed by atoms with van der Waals surface area (Å²) in [4.78, 5) is 0. The summed E-state index contributed by atoms with van der Waals surface area (Å²) in [5, 5.41) is 6.78.